The van der Waals surface area contributed by atoms with E-state index in [4.69, 9.17) is 17.2 Å². The van der Waals surface area contributed by atoms with Crippen LogP contribution in [0.1, 0.15) is 18.9 Å². The topological polar surface area (TPSA) is 169 Å². The van der Waals surface area contributed by atoms with E-state index in [0.717, 1.165) is 38.0 Å². The molecule has 36 heavy (non-hydrogen) atoms. The van der Waals surface area contributed by atoms with Crippen LogP contribution in [0.5, 0.6) is 0 Å². The largest absolute Gasteiger partial charge is 0.354 e. The van der Waals surface area contributed by atoms with Crippen molar-refractivity contribution < 1.29 is 9.59 Å². The lowest BCUT2D eigenvalue weighted by Crippen LogP contribution is -2.63. The fourth-order valence-electron chi connectivity index (χ4n) is 4.53. The first-order valence-electron chi connectivity index (χ1n) is 12.2. The number of nitrogens with two attached hydrogens (primary N) is 3. The van der Waals surface area contributed by atoms with Gasteiger partial charge in [0.1, 0.15) is 11.5 Å². The van der Waals surface area contributed by atoms with E-state index in [1.165, 1.54) is 16.4 Å². The third-order valence-corrected chi connectivity index (χ3v) is 6.57. The first-order valence-corrected chi connectivity index (χ1v) is 12.2. The fraction of sp³-hybridized carbons (Fsp3) is 0.500. The van der Waals surface area contributed by atoms with Gasteiger partial charge in [-0.1, -0.05) is 12.1 Å². The number of rotatable bonds is 6. The number of likely N-dealkylation sites (tertiary alicyclic amines) is 1. The number of amides is 3. The van der Waals surface area contributed by atoms with Crippen LogP contribution in [0.15, 0.2) is 41.3 Å². The highest BCUT2D eigenvalue weighted by Crippen LogP contribution is 2.14. The molecule has 12 nitrogen and oxygen atoms in total. The number of carbonyl (C=O) groups excluding carboxylic acids is 2. The van der Waals surface area contributed by atoms with Crippen LogP contribution in [0.2, 0.25) is 0 Å². The first-order chi connectivity index (χ1) is 17.1. The van der Waals surface area contributed by atoms with Gasteiger partial charge in [-0.15, -0.1) is 0 Å². The van der Waals surface area contributed by atoms with Crippen molar-refractivity contribution in [1.29, 1.82) is 0 Å². The van der Waals surface area contributed by atoms with Gasteiger partial charge in [0.05, 0.1) is 5.69 Å². The zero-order valence-corrected chi connectivity index (χ0v) is 20.6. The number of aromatic nitrogens is 2. The van der Waals surface area contributed by atoms with Crippen LogP contribution in [0, 0.1) is 0 Å². The standard InChI is InChI=1S/C24H35N9O3/c1-24(26,27)21(34)31-11-13-32(14-12-31)22(35)28-20-7-10-33(23(36)29-20)19-4-2-3-17(15-19)5-8-30-9-6-18(25)16-30/h2-4,7,10,15,18H,5-6,8-9,11-14,16,25-27H2,1H3,(H,28,29,35,36)/t18-/m1/s1. The second kappa shape index (κ2) is 10.7. The van der Waals surface area contributed by atoms with Crippen molar-refractivity contribution in [1.82, 2.24) is 24.3 Å². The highest BCUT2D eigenvalue weighted by Gasteiger charge is 2.32. The van der Waals surface area contributed by atoms with Crippen molar-refractivity contribution in [2.45, 2.75) is 31.5 Å². The van der Waals surface area contributed by atoms with E-state index < -0.39 is 17.4 Å². The Balaban J connectivity index is 1.34. The maximum atomic E-state index is 12.7. The van der Waals surface area contributed by atoms with E-state index in [2.05, 4.69) is 15.2 Å². The fourth-order valence-corrected chi connectivity index (χ4v) is 4.53. The molecule has 0 unspecified atom stereocenters. The molecule has 7 N–H and O–H groups in total. The van der Waals surface area contributed by atoms with Gasteiger partial charge in [-0.3, -0.25) is 14.7 Å². The Labute approximate surface area is 210 Å². The maximum Gasteiger partial charge on any atom is 0.354 e. The summed E-state index contributed by atoms with van der Waals surface area (Å²) in [4.78, 5) is 47.1. The van der Waals surface area contributed by atoms with Crippen molar-refractivity contribution in [2.75, 3.05) is 51.1 Å². The summed E-state index contributed by atoms with van der Waals surface area (Å²) in [6.45, 7) is 5.61. The Hall–Kier alpha value is -3.32. The molecule has 3 heterocycles. The quantitative estimate of drug-likeness (QED) is 0.373. The minimum absolute atomic E-state index is 0.165. The van der Waals surface area contributed by atoms with Gasteiger partial charge in [-0.2, -0.15) is 4.98 Å². The van der Waals surface area contributed by atoms with Gasteiger partial charge in [0, 0.05) is 51.5 Å². The summed E-state index contributed by atoms with van der Waals surface area (Å²) in [5.41, 5.74) is 17.2. The molecule has 1 aromatic heterocycles. The van der Waals surface area contributed by atoms with Gasteiger partial charge in [0.2, 0.25) is 0 Å². The molecule has 1 atom stereocenters. The summed E-state index contributed by atoms with van der Waals surface area (Å²) in [5.74, 6) is -0.199. The second-order valence-corrected chi connectivity index (χ2v) is 9.73. The number of piperazine rings is 1. The van der Waals surface area contributed by atoms with Gasteiger partial charge in [-0.05, 0) is 50.1 Å². The molecule has 0 aliphatic carbocycles. The molecule has 0 bridgehead atoms. The number of nitrogens with zero attached hydrogens (tertiary/aromatic N) is 5. The third-order valence-electron chi connectivity index (χ3n) is 6.57. The van der Waals surface area contributed by atoms with E-state index in [0.29, 0.717) is 31.9 Å². The Bertz CT molecular complexity index is 1150. The predicted molar refractivity (Wildman–Crippen MR) is 137 cm³/mol. The van der Waals surface area contributed by atoms with E-state index >= 15 is 0 Å². The molecule has 2 saturated heterocycles. The Kier molecular flexibility index (Phi) is 7.69. The summed E-state index contributed by atoms with van der Waals surface area (Å²) in [7, 11) is 0. The minimum Gasteiger partial charge on any atom is -0.336 e. The first kappa shape index (κ1) is 25.8. The highest BCUT2D eigenvalue weighted by molar-refractivity contribution is 5.89. The molecule has 3 amide bonds. The summed E-state index contributed by atoms with van der Waals surface area (Å²) < 4.78 is 1.45. The lowest BCUT2D eigenvalue weighted by molar-refractivity contribution is -0.137. The summed E-state index contributed by atoms with van der Waals surface area (Å²) in [5, 5.41) is 2.67. The Morgan fingerprint density at radius 3 is 2.47 bits per heavy atom. The van der Waals surface area contributed by atoms with Crippen molar-refractivity contribution in [3.8, 4) is 5.69 Å². The summed E-state index contributed by atoms with van der Waals surface area (Å²) >= 11 is 0. The number of carbonyl (C=O) groups is 2. The molecule has 0 spiro atoms. The van der Waals surface area contributed by atoms with Crippen LogP contribution in [-0.4, -0.2) is 93.7 Å². The predicted octanol–water partition coefficient (Wildman–Crippen LogP) is -0.882. The number of urea groups is 1. The molecular weight excluding hydrogens is 462 g/mol. The highest BCUT2D eigenvalue weighted by atomic mass is 16.2. The second-order valence-electron chi connectivity index (χ2n) is 9.73. The molecule has 4 rings (SSSR count). The molecule has 2 fully saturated rings. The van der Waals surface area contributed by atoms with Crippen molar-refractivity contribution >= 4 is 17.8 Å². The molecule has 2 aliphatic heterocycles. The van der Waals surface area contributed by atoms with Crippen LogP contribution in [-0.2, 0) is 11.2 Å². The number of hydrogen-bond acceptors (Lipinski definition) is 8. The maximum absolute atomic E-state index is 12.7. The smallest absolute Gasteiger partial charge is 0.336 e. The summed E-state index contributed by atoms with van der Waals surface area (Å²) in [6.07, 6.45) is 3.50. The molecule has 194 valence electrons. The molecule has 2 aliphatic rings. The Morgan fingerprint density at radius 2 is 1.83 bits per heavy atom. The van der Waals surface area contributed by atoms with Gasteiger partial charge < -0.3 is 31.9 Å². The number of hydrogen-bond donors (Lipinski definition) is 4. The van der Waals surface area contributed by atoms with Crippen molar-refractivity contribution in [2.24, 2.45) is 17.2 Å². The lowest BCUT2D eigenvalue weighted by atomic mass is 10.1. The van der Waals surface area contributed by atoms with E-state index in [9.17, 15) is 14.4 Å². The van der Waals surface area contributed by atoms with Crippen LogP contribution in [0.4, 0.5) is 10.6 Å². The van der Waals surface area contributed by atoms with Crippen LogP contribution < -0.4 is 28.2 Å². The average molecular weight is 498 g/mol. The van der Waals surface area contributed by atoms with Crippen LogP contribution >= 0.6 is 0 Å². The molecule has 12 heteroatoms. The van der Waals surface area contributed by atoms with Gasteiger partial charge in [0.15, 0.2) is 0 Å². The van der Waals surface area contributed by atoms with Gasteiger partial charge in [0.25, 0.3) is 5.91 Å². The molecule has 2 aromatic rings. The molecule has 1 aromatic carbocycles. The zero-order chi connectivity index (χ0) is 25.9. The molecular formula is C24H35N9O3. The minimum atomic E-state index is -1.44. The van der Waals surface area contributed by atoms with Gasteiger partial charge in [-0.25, -0.2) is 9.59 Å². The lowest BCUT2D eigenvalue weighted by Gasteiger charge is -2.37. The molecule has 0 radical (unpaired) electrons. The van der Waals surface area contributed by atoms with Gasteiger partial charge >= 0.3 is 11.7 Å². The van der Waals surface area contributed by atoms with E-state index in [1.54, 1.807) is 17.2 Å². The van der Waals surface area contributed by atoms with Crippen molar-refractivity contribution in [3.05, 3.63) is 52.6 Å². The normalized spacial score (nSPS) is 18.9. The number of anilines is 1. The SMILES string of the molecule is CC(N)(N)C(=O)N1CCN(C(=O)Nc2ccn(-c3cccc(CCN4CC[C@@H](N)C4)c3)c(=O)n2)CC1. The number of nitrogens with one attached hydrogen (secondary N) is 1. The average Bonchev–Trinajstić information content (AvgIpc) is 3.27. The van der Waals surface area contributed by atoms with E-state index in [-0.39, 0.29) is 17.8 Å². The number of benzene rings is 1. The Morgan fingerprint density at radius 1 is 1.11 bits per heavy atom. The summed E-state index contributed by atoms with van der Waals surface area (Å²) in [6, 6.07) is 9.25. The molecule has 0 saturated carbocycles. The monoisotopic (exact) mass is 497 g/mol. The van der Waals surface area contributed by atoms with E-state index in [1.807, 2.05) is 24.3 Å². The third kappa shape index (κ3) is 6.26. The van der Waals surface area contributed by atoms with Crippen molar-refractivity contribution in [3.63, 3.8) is 0 Å². The zero-order valence-electron chi connectivity index (χ0n) is 20.6. The van der Waals surface area contributed by atoms with Crippen LogP contribution in [0.25, 0.3) is 5.69 Å². The van der Waals surface area contributed by atoms with Crippen LogP contribution in [0.3, 0.4) is 0 Å².